The highest BCUT2D eigenvalue weighted by molar-refractivity contribution is 5.89. The summed E-state index contributed by atoms with van der Waals surface area (Å²) in [6, 6.07) is 7.81. The van der Waals surface area contributed by atoms with Crippen molar-refractivity contribution in [1.29, 1.82) is 0 Å². The van der Waals surface area contributed by atoms with E-state index in [-0.39, 0.29) is 37.4 Å². The molecule has 0 saturated carbocycles. The molecule has 2 aliphatic rings. The van der Waals surface area contributed by atoms with Crippen molar-refractivity contribution in [2.75, 3.05) is 50.7 Å². The largest absolute Gasteiger partial charge is 0.353 e. The first-order chi connectivity index (χ1) is 14.0. The number of anilines is 1. The van der Waals surface area contributed by atoms with E-state index in [1.165, 1.54) is 6.42 Å². The van der Waals surface area contributed by atoms with Crippen molar-refractivity contribution >= 4 is 23.4 Å². The third kappa shape index (κ3) is 6.21. The number of nitrogens with zero attached hydrogens (tertiary/aromatic N) is 3. The number of aryl methyl sites for hydroxylation is 1. The van der Waals surface area contributed by atoms with E-state index in [1.807, 2.05) is 36.1 Å². The summed E-state index contributed by atoms with van der Waals surface area (Å²) in [7, 11) is 0. The second-order valence-corrected chi connectivity index (χ2v) is 8.00. The van der Waals surface area contributed by atoms with Gasteiger partial charge in [-0.25, -0.2) is 0 Å². The van der Waals surface area contributed by atoms with Gasteiger partial charge in [-0.15, -0.1) is 0 Å². The Morgan fingerprint density at radius 2 is 1.38 bits per heavy atom. The maximum Gasteiger partial charge on any atom is 0.242 e. The Balaban J connectivity index is 1.59. The van der Waals surface area contributed by atoms with Crippen molar-refractivity contribution in [2.45, 2.75) is 39.0 Å². The molecule has 7 nitrogen and oxygen atoms in total. The molecule has 0 aliphatic carbocycles. The SMILES string of the molecule is Cc1ccc(N(CC(=O)NCC(=O)N2CCCC2)CC(=O)N2CCCCC2)cc1. The van der Waals surface area contributed by atoms with Gasteiger partial charge in [-0.05, 0) is 51.2 Å². The first-order valence-electron chi connectivity index (χ1n) is 10.7. The highest BCUT2D eigenvalue weighted by Gasteiger charge is 2.22. The molecule has 2 fully saturated rings. The molecule has 2 aliphatic heterocycles. The maximum atomic E-state index is 12.8. The van der Waals surface area contributed by atoms with Crippen molar-refractivity contribution in [3.8, 4) is 0 Å². The molecule has 158 valence electrons. The monoisotopic (exact) mass is 400 g/mol. The second-order valence-electron chi connectivity index (χ2n) is 8.00. The molecule has 2 heterocycles. The van der Waals surface area contributed by atoms with Gasteiger partial charge in [-0.2, -0.15) is 0 Å². The first-order valence-corrected chi connectivity index (χ1v) is 10.7. The van der Waals surface area contributed by atoms with Crippen LogP contribution in [0.15, 0.2) is 24.3 Å². The van der Waals surface area contributed by atoms with Crippen molar-refractivity contribution in [3.63, 3.8) is 0 Å². The van der Waals surface area contributed by atoms with Gasteiger partial charge in [0.05, 0.1) is 19.6 Å². The van der Waals surface area contributed by atoms with Crippen molar-refractivity contribution in [1.82, 2.24) is 15.1 Å². The molecule has 3 amide bonds. The Morgan fingerprint density at radius 3 is 2.00 bits per heavy atom. The number of rotatable bonds is 7. The van der Waals surface area contributed by atoms with Crippen LogP contribution in [0.2, 0.25) is 0 Å². The van der Waals surface area contributed by atoms with Gasteiger partial charge >= 0.3 is 0 Å². The Morgan fingerprint density at radius 1 is 0.828 bits per heavy atom. The summed E-state index contributed by atoms with van der Waals surface area (Å²) in [5, 5.41) is 2.73. The van der Waals surface area contributed by atoms with Gasteiger partial charge in [0.2, 0.25) is 17.7 Å². The van der Waals surface area contributed by atoms with Crippen LogP contribution in [0.5, 0.6) is 0 Å². The van der Waals surface area contributed by atoms with Gasteiger partial charge in [-0.3, -0.25) is 14.4 Å². The Kier molecular flexibility index (Phi) is 7.49. The molecule has 29 heavy (non-hydrogen) atoms. The van der Waals surface area contributed by atoms with Gasteiger partial charge in [-0.1, -0.05) is 17.7 Å². The quantitative estimate of drug-likeness (QED) is 0.754. The summed E-state index contributed by atoms with van der Waals surface area (Å²) in [5.41, 5.74) is 1.96. The minimum atomic E-state index is -0.246. The summed E-state index contributed by atoms with van der Waals surface area (Å²) < 4.78 is 0. The van der Waals surface area contributed by atoms with Crippen LogP contribution in [0.4, 0.5) is 5.69 Å². The van der Waals surface area contributed by atoms with Crippen LogP contribution in [0.1, 0.15) is 37.7 Å². The number of nitrogens with one attached hydrogen (secondary N) is 1. The number of amides is 3. The molecular weight excluding hydrogens is 368 g/mol. The lowest BCUT2D eigenvalue weighted by Gasteiger charge is -2.30. The molecule has 0 aromatic heterocycles. The lowest BCUT2D eigenvalue weighted by Crippen LogP contribution is -2.47. The highest BCUT2D eigenvalue weighted by atomic mass is 16.2. The molecule has 0 radical (unpaired) electrons. The molecule has 1 aromatic carbocycles. The fourth-order valence-electron chi connectivity index (χ4n) is 3.88. The van der Waals surface area contributed by atoms with Crippen molar-refractivity contribution in [2.24, 2.45) is 0 Å². The zero-order valence-electron chi connectivity index (χ0n) is 17.4. The first kappa shape index (κ1) is 21.1. The lowest BCUT2D eigenvalue weighted by molar-refractivity contribution is -0.132. The molecule has 0 unspecified atom stereocenters. The summed E-state index contributed by atoms with van der Waals surface area (Å²) in [4.78, 5) is 42.9. The van der Waals surface area contributed by atoms with Crippen LogP contribution < -0.4 is 10.2 Å². The van der Waals surface area contributed by atoms with E-state index < -0.39 is 0 Å². The number of carbonyl (C=O) groups excluding carboxylic acids is 3. The van der Waals surface area contributed by atoms with Crippen molar-refractivity contribution in [3.05, 3.63) is 29.8 Å². The standard InChI is InChI=1S/C22H32N4O3/c1-18-7-9-19(10-8-18)26(17-22(29)25-11-3-2-4-12-25)16-20(27)23-15-21(28)24-13-5-6-14-24/h7-10H,2-6,11-17H2,1H3,(H,23,27). The minimum Gasteiger partial charge on any atom is -0.353 e. The molecule has 0 spiro atoms. The van der Waals surface area contributed by atoms with E-state index >= 15 is 0 Å². The van der Waals surface area contributed by atoms with E-state index in [4.69, 9.17) is 0 Å². The third-order valence-corrected chi connectivity index (χ3v) is 5.66. The number of benzene rings is 1. The van der Waals surface area contributed by atoms with Gasteiger partial charge in [0.25, 0.3) is 0 Å². The highest BCUT2D eigenvalue weighted by Crippen LogP contribution is 2.16. The smallest absolute Gasteiger partial charge is 0.242 e. The number of hydrogen-bond acceptors (Lipinski definition) is 4. The van der Waals surface area contributed by atoms with E-state index in [2.05, 4.69) is 5.32 Å². The predicted molar refractivity (Wildman–Crippen MR) is 113 cm³/mol. The molecule has 0 atom stereocenters. The average Bonchev–Trinajstić information content (AvgIpc) is 3.28. The number of hydrogen-bond donors (Lipinski definition) is 1. The molecule has 1 aromatic rings. The normalized spacial score (nSPS) is 16.6. The van der Waals surface area contributed by atoms with Crippen LogP contribution in [0.25, 0.3) is 0 Å². The number of piperidine rings is 1. The van der Waals surface area contributed by atoms with Crippen LogP contribution >= 0.6 is 0 Å². The van der Waals surface area contributed by atoms with Crippen LogP contribution in [0.3, 0.4) is 0 Å². The van der Waals surface area contributed by atoms with Gasteiger partial charge in [0, 0.05) is 31.9 Å². The molecule has 1 N–H and O–H groups in total. The minimum absolute atomic E-state index is 0.0145. The zero-order valence-corrected chi connectivity index (χ0v) is 17.4. The molecule has 0 bridgehead atoms. The molecular formula is C22H32N4O3. The van der Waals surface area contributed by atoms with Crippen LogP contribution in [-0.2, 0) is 14.4 Å². The predicted octanol–water partition coefficient (Wildman–Crippen LogP) is 1.55. The third-order valence-electron chi connectivity index (χ3n) is 5.66. The fraction of sp³-hybridized carbons (Fsp3) is 0.591. The average molecular weight is 401 g/mol. The molecule has 7 heteroatoms. The zero-order chi connectivity index (χ0) is 20.6. The summed E-state index contributed by atoms with van der Waals surface area (Å²) in [6.45, 7) is 5.36. The Labute approximate surface area is 173 Å². The lowest BCUT2D eigenvalue weighted by atomic mass is 10.1. The van der Waals surface area contributed by atoms with E-state index in [0.717, 1.165) is 63.1 Å². The Bertz CT molecular complexity index is 707. The maximum absolute atomic E-state index is 12.8. The van der Waals surface area contributed by atoms with E-state index in [0.29, 0.717) is 0 Å². The van der Waals surface area contributed by atoms with E-state index in [1.54, 1.807) is 9.80 Å². The molecule has 2 saturated heterocycles. The van der Waals surface area contributed by atoms with Gasteiger partial charge in [0.1, 0.15) is 0 Å². The van der Waals surface area contributed by atoms with Gasteiger partial charge in [0.15, 0.2) is 0 Å². The van der Waals surface area contributed by atoms with Crippen LogP contribution in [0, 0.1) is 6.92 Å². The van der Waals surface area contributed by atoms with E-state index in [9.17, 15) is 14.4 Å². The van der Waals surface area contributed by atoms with Gasteiger partial charge < -0.3 is 20.0 Å². The number of likely N-dealkylation sites (tertiary alicyclic amines) is 2. The second kappa shape index (κ2) is 10.3. The Hall–Kier alpha value is -2.57. The summed E-state index contributed by atoms with van der Waals surface area (Å²) >= 11 is 0. The topological polar surface area (TPSA) is 73.0 Å². The fourth-order valence-corrected chi connectivity index (χ4v) is 3.88. The summed E-state index contributed by atoms with van der Waals surface area (Å²) in [6.07, 6.45) is 5.29. The number of carbonyl (C=O) groups is 3. The van der Waals surface area contributed by atoms with Crippen molar-refractivity contribution < 1.29 is 14.4 Å². The van der Waals surface area contributed by atoms with Crippen LogP contribution in [-0.4, -0.2) is 73.3 Å². The summed E-state index contributed by atoms with van der Waals surface area (Å²) in [5.74, 6) is -0.238. The molecule has 3 rings (SSSR count).